The Morgan fingerprint density at radius 2 is 2.27 bits per heavy atom. The second kappa shape index (κ2) is 4.00. The van der Waals surface area contributed by atoms with Crippen molar-refractivity contribution in [1.29, 1.82) is 0 Å². The lowest BCUT2D eigenvalue weighted by molar-refractivity contribution is -0.150. The first-order valence-electron chi connectivity index (χ1n) is 4.46. The van der Waals surface area contributed by atoms with Crippen LogP contribution in [0.5, 0.6) is 0 Å². The summed E-state index contributed by atoms with van der Waals surface area (Å²) in [5.74, 6) is -0.629. The number of fused-ring (bicyclic) bond motifs is 1. The van der Waals surface area contributed by atoms with Crippen molar-refractivity contribution in [2.75, 3.05) is 7.11 Å². The summed E-state index contributed by atoms with van der Waals surface area (Å²) < 4.78 is 5.43. The zero-order valence-corrected chi connectivity index (χ0v) is 8.95. The van der Waals surface area contributed by atoms with Gasteiger partial charge in [-0.2, -0.15) is 0 Å². The molecule has 0 radical (unpaired) electrons. The number of aliphatic hydroxyl groups excluding tert-OH is 1. The number of hydrogen-bond acceptors (Lipinski definition) is 4. The van der Waals surface area contributed by atoms with Crippen molar-refractivity contribution in [2.24, 2.45) is 0 Å². The van der Waals surface area contributed by atoms with Gasteiger partial charge in [-0.3, -0.25) is 0 Å². The second-order valence-electron chi connectivity index (χ2n) is 3.11. The number of benzene rings is 1. The van der Waals surface area contributed by atoms with Gasteiger partial charge in [0.2, 0.25) is 0 Å². The first-order valence-corrected chi connectivity index (χ1v) is 5.34. The van der Waals surface area contributed by atoms with E-state index in [1.54, 1.807) is 6.07 Å². The van der Waals surface area contributed by atoms with Crippen LogP contribution in [0.3, 0.4) is 0 Å². The third-order valence-electron chi connectivity index (χ3n) is 2.23. The summed E-state index contributed by atoms with van der Waals surface area (Å²) >= 11 is 1.50. The van der Waals surface area contributed by atoms with Gasteiger partial charge in [-0.15, -0.1) is 11.3 Å². The molecular formula is C11H10O3S. The minimum atomic E-state index is -1.20. The highest BCUT2D eigenvalue weighted by molar-refractivity contribution is 7.17. The Balaban J connectivity index is 2.51. The molecule has 1 atom stereocenters. The van der Waals surface area contributed by atoms with Crippen LogP contribution in [0.2, 0.25) is 0 Å². The van der Waals surface area contributed by atoms with E-state index in [-0.39, 0.29) is 0 Å². The van der Waals surface area contributed by atoms with Gasteiger partial charge in [0.25, 0.3) is 0 Å². The molecule has 0 aliphatic rings. The molecule has 0 spiro atoms. The summed E-state index contributed by atoms with van der Waals surface area (Å²) in [5, 5.41) is 12.7. The van der Waals surface area contributed by atoms with Crippen LogP contribution in [0.4, 0.5) is 0 Å². The highest BCUT2D eigenvalue weighted by atomic mass is 32.1. The van der Waals surface area contributed by atoms with E-state index in [2.05, 4.69) is 4.74 Å². The molecule has 1 heterocycles. The van der Waals surface area contributed by atoms with E-state index in [1.807, 2.05) is 23.6 Å². The van der Waals surface area contributed by atoms with Crippen LogP contribution in [0, 0.1) is 0 Å². The first-order chi connectivity index (χ1) is 7.24. The Kier molecular flexibility index (Phi) is 2.70. The molecule has 0 aliphatic carbocycles. The fraction of sp³-hybridized carbons (Fsp3) is 0.182. The molecule has 4 heteroatoms. The molecule has 3 nitrogen and oxygen atoms in total. The molecule has 0 saturated carbocycles. The Morgan fingerprint density at radius 3 is 3.00 bits per heavy atom. The zero-order valence-electron chi connectivity index (χ0n) is 8.14. The molecule has 0 fully saturated rings. The average Bonchev–Trinajstić information content (AvgIpc) is 2.74. The minimum Gasteiger partial charge on any atom is -0.467 e. The van der Waals surface area contributed by atoms with Crippen molar-refractivity contribution < 1.29 is 14.6 Å². The first kappa shape index (κ1) is 10.1. The highest BCUT2D eigenvalue weighted by Crippen LogP contribution is 2.29. The van der Waals surface area contributed by atoms with E-state index < -0.39 is 12.1 Å². The Bertz CT molecular complexity index is 489. The third kappa shape index (κ3) is 1.73. The smallest absolute Gasteiger partial charge is 0.339 e. The van der Waals surface area contributed by atoms with Crippen molar-refractivity contribution in [1.82, 2.24) is 0 Å². The van der Waals surface area contributed by atoms with Crippen molar-refractivity contribution in [2.45, 2.75) is 6.10 Å². The van der Waals surface area contributed by atoms with E-state index in [1.165, 1.54) is 18.4 Å². The molecule has 2 aromatic rings. The van der Waals surface area contributed by atoms with E-state index in [9.17, 15) is 9.90 Å². The summed E-state index contributed by atoms with van der Waals surface area (Å²) in [4.78, 5) is 11.2. The van der Waals surface area contributed by atoms with Gasteiger partial charge < -0.3 is 9.84 Å². The average molecular weight is 222 g/mol. The van der Waals surface area contributed by atoms with Gasteiger partial charge >= 0.3 is 5.97 Å². The van der Waals surface area contributed by atoms with Crippen molar-refractivity contribution in [3.05, 3.63) is 35.2 Å². The molecular weight excluding hydrogens is 212 g/mol. The van der Waals surface area contributed by atoms with Gasteiger partial charge in [0.15, 0.2) is 6.10 Å². The number of carbonyl (C=O) groups is 1. The highest BCUT2D eigenvalue weighted by Gasteiger charge is 2.20. The predicted octanol–water partition coefficient (Wildman–Crippen LogP) is 2.11. The van der Waals surface area contributed by atoms with Crippen LogP contribution in [0.15, 0.2) is 29.6 Å². The van der Waals surface area contributed by atoms with E-state index in [4.69, 9.17) is 0 Å². The molecule has 0 aliphatic heterocycles. The number of methoxy groups -OCH3 is 1. The molecule has 78 valence electrons. The van der Waals surface area contributed by atoms with Crippen LogP contribution in [-0.2, 0) is 9.53 Å². The normalized spacial score (nSPS) is 12.7. The lowest BCUT2D eigenvalue weighted by atomic mass is 10.1. The van der Waals surface area contributed by atoms with Crippen LogP contribution in [0.25, 0.3) is 10.1 Å². The number of thiophene rings is 1. The molecule has 0 saturated heterocycles. The summed E-state index contributed by atoms with van der Waals surface area (Å²) in [7, 11) is 1.26. The third-order valence-corrected chi connectivity index (χ3v) is 3.21. The topological polar surface area (TPSA) is 46.5 Å². The predicted molar refractivity (Wildman–Crippen MR) is 58.8 cm³/mol. The number of carbonyl (C=O) groups excluding carboxylic acids is 1. The maximum atomic E-state index is 11.2. The van der Waals surface area contributed by atoms with Crippen molar-refractivity contribution >= 4 is 27.4 Å². The van der Waals surface area contributed by atoms with E-state index in [0.29, 0.717) is 5.56 Å². The minimum absolute atomic E-state index is 0.606. The number of ether oxygens (including phenoxy) is 1. The molecule has 1 unspecified atom stereocenters. The van der Waals surface area contributed by atoms with Gasteiger partial charge in [-0.25, -0.2) is 4.79 Å². The molecule has 1 aromatic carbocycles. The van der Waals surface area contributed by atoms with Gasteiger partial charge in [-0.05, 0) is 16.8 Å². The molecule has 0 bridgehead atoms. The molecule has 1 N–H and O–H groups in total. The van der Waals surface area contributed by atoms with Crippen molar-refractivity contribution in [3.63, 3.8) is 0 Å². The van der Waals surface area contributed by atoms with Gasteiger partial charge in [0.05, 0.1) is 7.11 Å². The lowest BCUT2D eigenvalue weighted by Gasteiger charge is -2.09. The quantitative estimate of drug-likeness (QED) is 0.791. The van der Waals surface area contributed by atoms with Gasteiger partial charge in [0, 0.05) is 10.3 Å². The van der Waals surface area contributed by atoms with Crippen LogP contribution in [0.1, 0.15) is 11.7 Å². The van der Waals surface area contributed by atoms with Gasteiger partial charge in [0.1, 0.15) is 0 Å². The Labute approximate surface area is 90.9 Å². The van der Waals surface area contributed by atoms with Gasteiger partial charge in [-0.1, -0.05) is 18.2 Å². The lowest BCUT2D eigenvalue weighted by Crippen LogP contribution is -2.13. The summed E-state index contributed by atoms with van der Waals surface area (Å²) in [6.07, 6.45) is -1.20. The van der Waals surface area contributed by atoms with E-state index >= 15 is 0 Å². The number of hydrogen-bond donors (Lipinski definition) is 1. The maximum Gasteiger partial charge on any atom is 0.339 e. The Hall–Kier alpha value is -1.39. The molecule has 0 amide bonds. The molecule has 1 aromatic heterocycles. The van der Waals surface area contributed by atoms with Crippen molar-refractivity contribution in [3.8, 4) is 0 Å². The standard InChI is InChI=1S/C11H10O3S/c1-14-11(13)9(12)8-4-2-3-7-5-6-15-10(7)8/h2-6,9,12H,1H3. The summed E-state index contributed by atoms with van der Waals surface area (Å²) in [6, 6.07) is 7.45. The number of esters is 1. The molecule has 15 heavy (non-hydrogen) atoms. The largest absolute Gasteiger partial charge is 0.467 e. The number of rotatable bonds is 2. The Morgan fingerprint density at radius 1 is 1.47 bits per heavy atom. The molecule has 2 rings (SSSR count). The monoisotopic (exact) mass is 222 g/mol. The fourth-order valence-corrected chi connectivity index (χ4v) is 2.41. The maximum absolute atomic E-state index is 11.2. The van der Waals surface area contributed by atoms with Crippen LogP contribution in [-0.4, -0.2) is 18.2 Å². The summed E-state index contributed by atoms with van der Waals surface area (Å²) in [5.41, 5.74) is 0.606. The number of aliphatic hydroxyl groups is 1. The summed E-state index contributed by atoms with van der Waals surface area (Å²) in [6.45, 7) is 0. The van der Waals surface area contributed by atoms with Crippen LogP contribution < -0.4 is 0 Å². The van der Waals surface area contributed by atoms with E-state index in [0.717, 1.165) is 10.1 Å². The second-order valence-corrected chi connectivity index (χ2v) is 4.03. The fourth-order valence-electron chi connectivity index (χ4n) is 1.47. The zero-order chi connectivity index (χ0) is 10.8. The van der Waals surface area contributed by atoms with Crippen LogP contribution >= 0.6 is 11.3 Å². The SMILES string of the molecule is COC(=O)C(O)c1cccc2ccsc12.